The van der Waals surface area contributed by atoms with Crippen molar-refractivity contribution in [2.45, 2.75) is 25.2 Å². The third kappa shape index (κ3) is 5.03. The van der Waals surface area contributed by atoms with Gasteiger partial charge >= 0.3 is 0 Å². The molecule has 0 saturated carbocycles. The van der Waals surface area contributed by atoms with E-state index < -0.39 is 0 Å². The molecular formula is C25H28N4O. The van der Waals surface area contributed by atoms with E-state index in [-0.39, 0.29) is 17.7 Å². The highest BCUT2D eigenvalue weighted by molar-refractivity contribution is 5.79. The third-order valence-corrected chi connectivity index (χ3v) is 5.76. The molecule has 0 bridgehead atoms. The number of hydrogen-bond acceptors (Lipinski definition) is 4. The number of nitrogens with one attached hydrogen (secondary N) is 1. The highest BCUT2D eigenvalue weighted by Crippen LogP contribution is 2.27. The van der Waals surface area contributed by atoms with Gasteiger partial charge in [-0.25, -0.2) is 9.97 Å². The summed E-state index contributed by atoms with van der Waals surface area (Å²) in [6, 6.07) is 22.9. The molecule has 1 aromatic heterocycles. The van der Waals surface area contributed by atoms with Crippen molar-refractivity contribution in [2.75, 3.05) is 24.5 Å². The van der Waals surface area contributed by atoms with E-state index in [1.807, 2.05) is 18.2 Å². The lowest BCUT2D eigenvalue weighted by atomic mass is 9.88. The molecule has 0 aliphatic carbocycles. The summed E-state index contributed by atoms with van der Waals surface area (Å²) < 4.78 is 0. The first-order valence-corrected chi connectivity index (χ1v) is 10.7. The van der Waals surface area contributed by atoms with E-state index in [1.54, 1.807) is 12.4 Å². The van der Waals surface area contributed by atoms with Gasteiger partial charge in [0.2, 0.25) is 11.9 Å². The van der Waals surface area contributed by atoms with Gasteiger partial charge in [0.15, 0.2) is 0 Å². The molecule has 1 atom stereocenters. The summed E-state index contributed by atoms with van der Waals surface area (Å²) in [5.74, 6) is 1.10. The van der Waals surface area contributed by atoms with Gasteiger partial charge in [0.25, 0.3) is 0 Å². The van der Waals surface area contributed by atoms with Crippen LogP contribution in [0.4, 0.5) is 5.95 Å². The molecule has 1 aliphatic rings. The van der Waals surface area contributed by atoms with Gasteiger partial charge < -0.3 is 10.2 Å². The Morgan fingerprint density at radius 1 is 0.967 bits per heavy atom. The highest BCUT2D eigenvalue weighted by atomic mass is 16.1. The first-order chi connectivity index (χ1) is 14.8. The first kappa shape index (κ1) is 20.1. The van der Waals surface area contributed by atoms with Gasteiger partial charge in [-0.15, -0.1) is 0 Å². The van der Waals surface area contributed by atoms with Crippen LogP contribution >= 0.6 is 0 Å². The standard InChI is InChI=1S/C25H28N4O/c30-24(22-13-7-18-29(19-22)25-27-15-8-16-28-25)26-17-14-23(20-9-3-1-4-10-20)21-11-5-2-6-12-21/h1-6,8-12,15-16,22-23H,7,13-14,17-19H2,(H,26,30)/t22-/m0/s1. The quantitative estimate of drug-likeness (QED) is 0.651. The minimum atomic E-state index is -0.0190. The Morgan fingerprint density at radius 3 is 2.23 bits per heavy atom. The van der Waals surface area contributed by atoms with Gasteiger partial charge in [-0.05, 0) is 36.5 Å². The lowest BCUT2D eigenvalue weighted by molar-refractivity contribution is -0.125. The average molecular weight is 401 g/mol. The van der Waals surface area contributed by atoms with Crippen LogP contribution in [0.15, 0.2) is 79.1 Å². The summed E-state index contributed by atoms with van der Waals surface area (Å²) in [7, 11) is 0. The van der Waals surface area contributed by atoms with Crippen LogP contribution in [-0.2, 0) is 4.79 Å². The maximum atomic E-state index is 12.9. The fraction of sp³-hybridized carbons (Fsp3) is 0.320. The summed E-state index contributed by atoms with van der Waals surface area (Å²) in [5, 5.41) is 3.19. The summed E-state index contributed by atoms with van der Waals surface area (Å²) in [5.41, 5.74) is 2.56. The number of anilines is 1. The van der Waals surface area contributed by atoms with Gasteiger partial charge in [0.1, 0.15) is 0 Å². The molecule has 1 aliphatic heterocycles. The maximum Gasteiger partial charge on any atom is 0.225 e. The molecular weight excluding hydrogens is 372 g/mol. The fourth-order valence-electron chi connectivity index (χ4n) is 4.21. The van der Waals surface area contributed by atoms with Crippen LogP contribution in [0, 0.1) is 5.92 Å². The van der Waals surface area contributed by atoms with Crippen molar-refractivity contribution in [3.63, 3.8) is 0 Å². The molecule has 1 fully saturated rings. The van der Waals surface area contributed by atoms with Crippen molar-refractivity contribution in [2.24, 2.45) is 5.92 Å². The average Bonchev–Trinajstić information content (AvgIpc) is 2.83. The molecule has 3 aromatic rings. The van der Waals surface area contributed by atoms with Crippen molar-refractivity contribution >= 4 is 11.9 Å². The third-order valence-electron chi connectivity index (χ3n) is 5.76. The monoisotopic (exact) mass is 400 g/mol. The van der Waals surface area contributed by atoms with E-state index in [9.17, 15) is 4.79 Å². The van der Waals surface area contributed by atoms with Crippen LogP contribution in [0.5, 0.6) is 0 Å². The first-order valence-electron chi connectivity index (χ1n) is 10.7. The van der Waals surface area contributed by atoms with Gasteiger partial charge in [-0.1, -0.05) is 60.7 Å². The van der Waals surface area contributed by atoms with Crippen LogP contribution in [0.25, 0.3) is 0 Å². The predicted molar refractivity (Wildman–Crippen MR) is 119 cm³/mol. The molecule has 2 heterocycles. The molecule has 2 aromatic carbocycles. The van der Waals surface area contributed by atoms with E-state index in [2.05, 4.69) is 68.7 Å². The van der Waals surface area contributed by atoms with Crippen molar-refractivity contribution in [3.05, 3.63) is 90.3 Å². The predicted octanol–water partition coefficient (Wildman–Crippen LogP) is 4.03. The van der Waals surface area contributed by atoms with Gasteiger partial charge in [0, 0.05) is 37.9 Å². The van der Waals surface area contributed by atoms with Crippen LogP contribution < -0.4 is 10.2 Å². The summed E-state index contributed by atoms with van der Waals surface area (Å²) >= 11 is 0. The number of nitrogens with zero attached hydrogens (tertiary/aromatic N) is 3. The number of piperidine rings is 1. The second-order valence-electron chi connectivity index (χ2n) is 7.79. The normalized spacial score (nSPS) is 16.4. The molecule has 0 radical (unpaired) electrons. The van der Waals surface area contributed by atoms with Crippen molar-refractivity contribution in [1.29, 1.82) is 0 Å². The van der Waals surface area contributed by atoms with Crippen LogP contribution in [-0.4, -0.2) is 35.5 Å². The lowest BCUT2D eigenvalue weighted by Crippen LogP contribution is -2.44. The molecule has 30 heavy (non-hydrogen) atoms. The van der Waals surface area contributed by atoms with Gasteiger partial charge in [0.05, 0.1) is 5.92 Å². The van der Waals surface area contributed by atoms with Crippen molar-refractivity contribution < 1.29 is 4.79 Å². The molecule has 1 saturated heterocycles. The molecule has 1 N–H and O–H groups in total. The summed E-state index contributed by atoms with van der Waals surface area (Å²) in [4.78, 5) is 23.6. The van der Waals surface area contributed by atoms with Gasteiger partial charge in [-0.3, -0.25) is 4.79 Å². The Bertz CT molecular complexity index is 878. The van der Waals surface area contributed by atoms with Crippen LogP contribution in [0.3, 0.4) is 0 Å². The molecule has 5 heteroatoms. The number of hydrogen-bond donors (Lipinski definition) is 1. The number of aromatic nitrogens is 2. The molecule has 4 rings (SSSR count). The lowest BCUT2D eigenvalue weighted by Gasteiger charge is -2.32. The summed E-state index contributed by atoms with van der Waals surface area (Å²) in [6.45, 7) is 2.24. The number of carbonyl (C=O) groups excluding carboxylic acids is 1. The molecule has 0 spiro atoms. The topological polar surface area (TPSA) is 58.1 Å². The smallest absolute Gasteiger partial charge is 0.225 e. The molecule has 5 nitrogen and oxygen atoms in total. The zero-order valence-corrected chi connectivity index (χ0v) is 17.2. The number of rotatable bonds is 7. The molecule has 154 valence electrons. The second-order valence-corrected chi connectivity index (χ2v) is 7.79. The maximum absolute atomic E-state index is 12.9. The SMILES string of the molecule is O=C(NCCC(c1ccccc1)c1ccccc1)[C@H]1CCCN(c2ncccn2)C1. The van der Waals surface area contributed by atoms with E-state index >= 15 is 0 Å². The Hall–Kier alpha value is -3.21. The van der Waals surface area contributed by atoms with Crippen LogP contribution in [0.1, 0.15) is 36.3 Å². The minimum Gasteiger partial charge on any atom is -0.356 e. The van der Waals surface area contributed by atoms with Gasteiger partial charge in [-0.2, -0.15) is 0 Å². The Labute approximate surface area is 178 Å². The van der Waals surface area contributed by atoms with E-state index in [0.29, 0.717) is 19.0 Å². The van der Waals surface area contributed by atoms with E-state index in [0.717, 1.165) is 25.8 Å². The zero-order chi connectivity index (χ0) is 20.6. The summed E-state index contributed by atoms with van der Waals surface area (Å²) in [6.07, 6.45) is 6.26. The largest absolute Gasteiger partial charge is 0.356 e. The molecule has 0 unspecified atom stereocenters. The van der Waals surface area contributed by atoms with Crippen LogP contribution in [0.2, 0.25) is 0 Å². The zero-order valence-electron chi connectivity index (χ0n) is 17.2. The number of amides is 1. The number of carbonyl (C=O) groups is 1. The van der Waals surface area contributed by atoms with Crippen molar-refractivity contribution in [3.8, 4) is 0 Å². The second kappa shape index (κ2) is 10.0. The Kier molecular flexibility index (Phi) is 6.70. The molecule has 1 amide bonds. The van der Waals surface area contributed by atoms with E-state index in [4.69, 9.17) is 0 Å². The number of benzene rings is 2. The Morgan fingerprint density at radius 2 is 1.60 bits per heavy atom. The van der Waals surface area contributed by atoms with E-state index in [1.165, 1.54) is 11.1 Å². The highest BCUT2D eigenvalue weighted by Gasteiger charge is 2.27. The minimum absolute atomic E-state index is 0.0190. The fourth-order valence-corrected chi connectivity index (χ4v) is 4.21. The van der Waals surface area contributed by atoms with Crippen molar-refractivity contribution in [1.82, 2.24) is 15.3 Å². The Balaban J connectivity index is 1.35.